The molecule has 0 bridgehead atoms. The molecular weight excluding hydrogens is 326 g/mol. The van der Waals surface area contributed by atoms with Gasteiger partial charge in [0.05, 0.1) is 6.04 Å². The van der Waals surface area contributed by atoms with Gasteiger partial charge in [-0.15, -0.1) is 11.3 Å². The molecule has 1 heterocycles. The molecule has 0 aliphatic heterocycles. The highest BCUT2D eigenvalue weighted by molar-refractivity contribution is 9.10. The van der Waals surface area contributed by atoms with Crippen molar-refractivity contribution in [1.29, 1.82) is 0 Å². The van der Waals surface area contributed by atoms with Crippen LogP contribution in [0.3, 0.4) is 0 Å². The molecular formula is C14H14BrNO2S. The van der Waals surface area contributed by atoms with Crippen LogP contribution in [0, 0.1) is 0 Å². The Bertz CT molecular complexity index is 541. The number of hydrogen-bond donors (Lipinski definition) is 1. The second-order valence-electron chi connectivity index (χ2n) is 4.10. The van der Waals surface area contributed by atoms with Crippen LogP contribution in [0.15, 0.2) is 46.3 Å². The lowest BCUT2D eigenvalue weighted by Gasteiger charge is -2.12. The Morgan fingerprint density at radius 1 is 1.42 bits per heavy atom. The minimum absolute atomic E-state index is 0.0560. The fraction of sp³-hybridized carbons (Fsp3) is 0.214. The maximum Gasteiger partial charge on any atom is 0.407 e. The molecule has 0 radical (unpaired) electrons. The van der Waals surface area contributed by atoms with Gasteiger partial charge in [0.2, 0.25) is 0 Å². The van der Waals surface area contributed by atoms with E-state index in [0.29, 0.717) is 0 Å². The van der Waals surface area contributed by atoms with E-state index in [4.69, 9.17) is 4.74 Å². The lowest BCUT2D eigenvalue weighted by Crippen LogP contribution is -2.26. The normalized spacial score (nSPS) is 11.9. The first-order valence-electron chi connectivity index (χ1n) is 5.86. The van der Waals surface area contributed by atoms with Crippen molar-refractivity contribution >= 4 is 33.4 Å². The van der Waals surface area contributed by atoms with Crippen LogP contribution in [-0.4, -0.2) is 6.09 Å². The van der Waals surface area contributed by atoms with Crippen molar-refractivity contribution in [1.82, 2.24) is 5.32 Å². The average Bonchev–Trinajstić information content (AvgIpc) is 2.84. The Kier molecular flexibility index (Phi) is 4.99. The van der Waals surface area contributed by atoms with Gasteiger partial charge in [-0.3, -0.25) is 0 Å². The van der Waals surface area contributed by atoms with Gasteiger partial charge >= 0.3 is 6.09 Å². The van der Waals surface area contributed by atoms with Crippen molar-refractivity contribution in [3.63, 3.8) is 0 Å². The number of benzene rings is 1. The summed E-state index contributed by atoms with van der Waals surface area (Å²) in [5.41, 5.74) is 0.976. The summed E-state index contributed by atoms with van der Waals surface area (Å²) in [5, 5.41) is 4.80. The van der Waals surface area contributed by atoms with Crippen molar-refractivity contribution in [2.45, 2.75) is 19.6 Å². The summed E-state index contributed by atoms with van der Waals surface area (Å²) in [6.45, 7) is 2.22. The first kappa shape index (κ1) is 14.1. The Hall–Kier alpha value is -1.33. The molecule has 0 saturated carbocycles. The van der Waals surface area contributed by atoms with E-state index in [1.165, 1.54) is 0 Å². The van der Waals surface area contributed by atoms with E-state index >= 15 is 0 Å². The number of nitrogens with one attached hydrogen (secondary N) is 1. The smallest absolute Gasteiger partial charge is 0.407 e. The third-order valence-electron chi connectivity index (χ3n) is 2.56. The minimum Gasteiger partial charge on any atom is -0.445 e. The first-order chi connectivity index (χ1) is 9.15. The summed E-state index contributed by atoms with van der Waals surface area (Å²) in [6, 6.07) is 11.6. The summed E-state index contributed by atoms with van der Waals surface area (Å²) in [7, 11) is 0. The van der Waals surface area contributed by atoms with Crippen molar-refractivity contribution in [3.8, 4) is 0 Å². The quantitative estimate of drug-likeness (QED) is 0.890. The first-order valence-corrected chi connectivity index (χ1v) is 7.53. The highest BCUT2D eigenvalue weighted by Gasteiger charge is 2.12. The lowest BCUT2D eigenvalue weighted by molar-refractivity contribution is 0.136. The molecule has 5 heteroatoms. The van der Waals surface area contributed by atoms with E-state index in [1.807, 2.05) is 48.7 Å². The van der Waals surface area contributed by atoms with Gasteiger partial charge in [-0.05, 0) is 34.5 Å². The zero-order valence-electron chi connectivity index (χ0n) is 10.4. The molecule has 0 saturated heterocycles. The van der Waals surface area contributed by atoms with Crippen molar-refractivity contribution in [3.05, 3.63) is 56.7 Å². The van der Waals surface area contributed by atoms with Crippen LogP contribution in [0.5, 0.6) is 0 Å². The second-order valence-corrected chi connectivity index (χ2v) is 5.95. The topological polar surface area (TPSA) is 38.3 Å². The Morgan fingerprint density at radius 3 is 2.79 bits per heavy atom. The third kappa shape index (κ3) is 4.36. The summed E-state index contributed by atoms with van der Waals surface area (Å²) < 4.78 is 6.20. The Balaban J connectivity index is 1.81. The van der Waals surface area contributed by atoms with Crippen LogP contribution in [0.4, 0.5) is 4.79 Å². The summed E-state index contributed by atoms with van der Waals surface area (Å²) in [5.74, 6) is 0. The van der Waals surface area contributed by atoms with E-state index in [-0.39, 0.29) is 12.6 Å². The molecule has 0 aliphatic rings. The second kappa shape index (κ2) is 6.73. The zero-order chi connectivity index (χ0) is 13.7. The Labute approximate surface area is 124 Å². The van der Waals surface area contributed by atoms with Gasteiger partial charge in [0.1, 0.15) is 6.61 Å². The van der Waals surface area contributed by atoms with E-state index in [1.54, 1.807) is 11.3 Å². The van der Waals surface area contributed by atoms with Gasteiger partial charge in [0.15, 0.2) is 0 Å². The van der Waals surface area contributed by atoms with Gasteiger partial charge in [-0.25, -0.2) is 4.79 Å². The fourth-order valence-corrected chi connectivity index (χ4v) is 3.02. The minimum atomic E-state index is -0.402. The highest BCUT2D eigenvalue weighted by atomic mass is 79.9. The number of alkyl carbamates (subject to hydrolysis) is 1. The van der Waals surface area contributed by atoms with Crippen LogP contribution >= 0.6 is 27.3 Å². The van der Waals surface area contributed by atoms with Crippen molar-refractivity contribution < 1.29 is 9.53 Å². The van der Waals surface area contributed by atoms with E-state index in [2.05, 4.69) is 21.2 Å². The van der Waals surface area contributed by atoms with Crippen LogP contribution in [-0.2, 0) is 11.3 Å². The van der Waals surface area contributed by atoms with Crippen LogP contribution < -0.4 is 5.32 Å². The number of carbonyl (C=O) groups excluding carboxylic acids is 1. The van der Waals surface area contributed by atoms with Gasteiger partial charge in [0.25, 0.3) is 0 Å². The number of rotatable bonds is 4. The maximum absolute atomic E-state index is 11.7. The predicted molar refractivity (Wildman–Crippen MR) is 80.2 cm³/mol. The van der Waals surface area contributed by atoms with Crippen molar-refractivity contribution in [2.24, 2.45) is 0 Å². The third-order valence-corrected chi connectivity index (χ3v) is 4.44. The van der Waals surface area contributed by atoms with E-state index < -0.39 is 6.09 Å². The number of amides is 1. The molecule has 0 aliphatic carbocycles. The van der Waals surface area contributed by atoms with Gasteiger partial charge in [-0.2, -0.15) is 0 Å². The molecule has 2 rings (SSSR count). The van der Waals surface area contributed by atoms with Gasteiger partial charge < -0.3 is 10.1 Å². The largest absolute Gasteiger partial charge is 0.445 e. The monoisotopic (exact) mass is 339 g/mol. The van der Waals surface area contributed by atoms with Crippen LogP contribution in [0.25, 0.3) is 0 Å². The Morgan fingerprint density at radius 2 is 2.16 bits per heavy atom. The standard InChI is InChI=1S/C14H14BrNO2S/c1-10(13-7-12(15)9-19-13)16-14(17)18-8-11-5-3-2-4-6-11/h2-7,9-10H,8H2,1H3,(H,16,17). The fourth-order valence-electron chi connectivity index (χ4n) is 1.57. The van der Waals surface area contributed by atoms with E-state index in [0.717, 1.165) is 14.9 Å². The number of hydrogen-bond acceptors (Lipinski definition) is 3. The number of thiophene rings is 1. The number of ether oxygens (including phenoxy) is 1. The molecule has 1 N–H and O–H groups in total. The van der Waals surface area contributed by atoms with Gasteiger partial charge in [-0.1, -0.05) is 30.3 Å². The molecule has 3 nitrogen and oxygen atoms in total. The number of halogens is 1. The van der Waals surface area contributed by atoms with Crippen molar-refractivity contribution in [2.75, 3.05) is 0 Å². The molecule has 19 heavy (non-hydrogen) atoms. The van der Waals surface area contributed by atoms with E-state index in [9.17, 15) is 4.79 Å². The molecule has 1 unspecified atom stereocenters. The van der Waals surface area contributed by atoms with Crippen LogP contribution in [0.2, 0.25) is 0 Å². The molecule has 100 valence electrons. The SMILES string of the molecule is CC(NC(=O)OCc1ccccc1)c1cc(Br)cs1. The molecule has 0 fully saturated rings. The summed E-state index contributed by atoms with van der Waals surface area (Å²) in [4.78, 5) is 12.8. The molecule has 1 aromatic carbocycles. The summed E-state index contributed by atoms with van der Waals surface area (Å²) >= 11 is 4.99. The van der Waals surface area contributed by atoms with Crippen LogP contribution in [0.1, 0.15) is 23.4 Å². The molecule has 1 atom stereocenters. The highest BCUT2D eigenvalue weighted by Crippen LogP contribution is 2.25. The molecule has 2 aromatic rings. The molecule has 0 spiro atoms. The maximum atomic E-state index is 11.7. The zero-order valence-corrected chi connectivity index (χ0v) is 12.8. The predicted octanol–water partition coefficient (Wildman–Crippen LogP) is 4.50. The molecule has 1 amide bonds. The lowest BCUT2D eigenvalue weighted by atomic mass is 10.2. The summed E-state index contributed by atoms with van der Waals surface area (Å²) in [6.07, 6.45) is -0.402. The average molecular weight is 340 g/mol. The number of carbonyl (C=O) groups is 1. The molecule has 1 aromatic heterocycles. The van der Waals surface area contributed by atoms with Gasteiger partial charge in [0, 0.05) is 14.7 Å².